The highest BCUT2D eigenvalue weighted by molar-refractivity contribution is 7.21. The van der Waals surface area contributed by atoms with Crippen LogP contribution in [0.15, 0.2) is 53.6 Å². The number of thiophene rings is 1. The number of nitrogens with zero attached hydrogens (tertiary/aromatic N) is 1. The van der Waals surface area contributed by atoms with Crippen LogP contribution in [0.5, 0.6) is 5.75 Å². The zero-order chi connectivity index (χ0) is 17.1. The van der Waals surface area contributed by atoms with Gasteiger partial charge in [0.2, 0.25) is 0 Å². The van der Waals surface area contributed by atoms with Gasteiger partial charge in [0.05, 0.1) is 17.8 Å². The van der Waals surface area contributed by atoms with Crippen LogP contribution in [0, 0.1) is 0 Å². The van der Waals surface area contributed by atoms with Crippen molar-refractivity contribution in [2.45, 2.75) is 6.92 Å². The van der Waals surface area contributed by atoms with E-state index in [-0.39, 0.29) is 5.91 Å². The Morgan fingerprint density at radius 1 is 1.17 bits per heavy atom. The average molecular weight is 359 g/mol. The number of carbonyl (C=O) groups is 1. The molecule has 2 aromatic carbocycles. The third-order valence-electron chi connectivity index (χ3n) is 3.57. The van der Waals surface area contributed by atoms with E-state index in [0.717, 1.165) is 21.4 Å². The predicted molar refractivity (Wildman–Crippen MR) is 99.5 cm³/mol. The first-order valence-corrected chi connectivity index (χ1v) is 8.45. The van der Waals surface area contributed by atoms with Crippen LogP contribution in [0.4, 0.5) is 0 Å². The van der Waals surface area contributed by atoms with E-state index < -0.39 is 0 Å². The number of rotatable bonds is 4. The third-order valence-corrected chi connectivity index (χ3v) is 5.25. The molecule has 1 aromatic heterocycles. The summed E-state index contributed by atoms with van der Waals surface area (Å²) in [6, 6.07) is 15.1. The predicted octanol–water partition coefficient (Wildman–Crippen LogP) is 4.72. The lowest BCUT2D eigenvalue weighted by Crippen LogP contribution is -2.18. The molecule has 122 valence electrons. The number of hydrazone groups is 1. The molecule has 0 aliphatic carbocycles. The lowest BCUT2D eigenvalue weighted by atomic mass is 10.1. The second kappa shape index (κ2) is 7.03. The largest absolute Gasteiger partial charge is 0.497 e. The van der Waals surface area contributed by atoms with Gasteiger partial charge in [0, 0.05) is 10.1 Å². The highest BCUT2D eigenvalue weighted by Crippen LogP contribution is 2.34. The zero-order valence-corrected chi connectivity index (χ0v) is 14.7. The molecule has 3 aromatic rings. The fourth-order valence-corrected chi connectivity index (χ4v) is 3.65. The Kier molecular flexibility index (Phi) is 4.83. The number of methoxy groups -OCH3 is 1. The molecular formula is C18H15ClN2O2S. The van der Waals surface area contributed by atoms with Crippen LogP contribution in [0.2, 0.25) is 5.02 Å². The number of halogens is 1. The molecule has 0 bridgehead atoms. The van der Waals surface area contributed by atoms with E-state index in [2.05, 4.69) is 10.5 Å². The number of amides is 1. The summed E-state index contributed by atoms with van der Waals surface area (Å²) in [5.74, 6) is 0.460. The smallest absolute Gasteiger partial charge is 0.283 e. The van der Waals surface area contributed by atoms with Crippen molar-refractivity contribution in [2.24, 2.45) is 5.10 Å². The summed E-state index contributed by atoms with van der Waals surface area (Å²) in [6.07, 6.45) is 0. The summed E-state index contributed by atoms with van der Waals surface area (Å²) in [6.45, 7) is 1.83. The molecule has 0 saturated heterocycles. The summed E-state index contributed by atoms with van der Waals surface area (Å²) in [4.78, 5) is 12.8. The first kappa shape index (κ1) is 16.5. The number of hydrogen-bond donors (Lipinski definition) is 1. The topological polar surface area (TPSA) is 50.7 Å². The number of hydrogen-bond acceptors (Lipinski definition) is 4. The third kappa shape index (κ3) is 3.27. The summed E-state index contributed by atoms with van der Waals surface area (Å²) in [5, 5.41) is 5.50. The van der Waals surface area contributed by atoms with Crippen molar-refractivity contribution >= 4 is 44.6 Å². The highest BCUT2D eigenvalue weighted by atomic mass is 35.5. The van der Waals surface area contributed by atoms with Gasteiger partial charge in [-0.25, -0.2) is 5.43 Å². The van der Waals surface area contributed by atoms with Crippen LogP contribution in [0.3, 0.4) is 0 Å². The van der Waals surface area contributed by atoms with Crippen molar-refractivity contribution < 1.29 is 9.53 Å². The Balaban J connectivity index is 1.79. The van der Waals surface area contributed by atoms with Crippen LogP contribution in [-0.4, -0.2) is 18.7 Å². The highest BCUT2D eigenvalue weighted by Gasteiger charge is 2.16. The van der Waals surface area contributed by atoms with Crippen molar-refractivity contribution in [1.29, 1.82) is 0 Å². The molecule has 0 spiro atoms. The van der Waals surface area contributed by atoms with Crippen molar-refractivity contribution in [3.05, 3.63) is 64.0 Å². The van der Waals surface area contributed by atoms with Crippen LogP contribution in [-0.2, 0) is 0 Å². The van der Waals surface area contributed by atoms with E-state index in [9.17, 15) is 4.79 Å². The maximum Gasteiger partial charge on any atom is 0.283 e. The van der Waals surface area contributed by atoms with Crippen molar-refractivity contribution in [1.82, 2.24) is 5.43 Å². The molecule has 4 nitrogen and oxygen atoms in total. The number of benzene rings is 2. The van der Waals surface area contributed by atoms with Crippen LogP contribution in [0.1, 0.15) is 22.2 Å². The van der Waals surface area contributed by atoms with Crippen molar-refractivity contribution in [3.8, 4) is 5.75 Å². The standard InChI is InChI=1S/C18H15ClN2O2S/c1-11(12-7-9-13(23-2)10-8-12)20-21-18(22)17-16(19)14-5-3-4-6-15(14)24-17/h3-10H,1-2H3,(H,21,22). The minimum atomic E-state index is -0.311. The molecular weight excluding hydrogens is 344 g/mol. The summed E-state index contributed by atoms with van der Waals surface area (Å²) in [5.41, 5.74) is 4.17. The van der Waals surface area contributed by atoms with Gasteiger partial charge < -0.3 is 4.74 Å². The van der Waals surface area contributed by atoms with Gasteiger partial charge in [-0.1, -0.05) is 29.8 Å². The van der Waals surface area contributed by atoms with Gasteiger partial charge in [0.25, 0.3) is 5.91 Å². The molecule has 6 heteroatoms. The number of ether oxygens (including phenoxy) is 1. The Bertz CT molecular complexity index is 916. The van der Waals surface area contributed by atoms with Gasteiger partial charge in [-0.3, -0.25) is 4.79 Å². The molecule has 0 aliphatic heterocycles. The van der Waals surface area contributed by atoms with Gasteiger partial charge >= 0.3 is 0 Å². The molecule has 1 heterocycles. The summed E-state index contributed by atoms with van der Waals surface area (Å²) >= 11 is 7.66. The van der Waals surface area contributed by atoms with Crippen LogP contribution >= 0.6 is 22.9 Å². The second-order valence-corrected chi connectivity index (χ2v) is 6.54. The fraction of sp³-hybridized carbons (Fsp3) is 0.111. The average Bonchev–Trinajstić information content (AvgIpc) is 2.96. The van der Waals surface area contributed by atoms with Crippen molar-refractivity contribution in [3.63, 3.8) is 0 Å². The van der Waals surface area contributed by atoms with E-state index in [1.807, 2.05) is 55.5 Å². The summed E-state index contributed by atoms with van der Waals surface area (Å²) < 4.78 is 6.10. The molecule has 0 atom stereocenters. The SMILES string of the molecule is COc1ccc(C(C)=NNC(=O)c2sc3ccccc3c2Cl)cc1. The maximum absolute atomic E-state index is 12.4. The second-order valence-electron chi connectivity index (χ2n) is 5.11. The Labute approximate surface area is 148 Å². The Hall–Kier alpha value is -2.37. The molecule has 24 heavy (non-hydrogen) atoms. The normalized spacial score (nSPS) is 11.5. The lowest BCUT2D eigenvalue weighted by molar-refractivity contribution is 0.0959. The first-order chi connectivity index (χ1) is 11.6. The molecule has 0 aliphatic rings. The van der Waals surface area contributed by atoms with Crippen LogP contribution in [0.25, 0.3) is 10.1 Å². The molecule has 0 fully saturated rings. The number of carbonyl (C=O) groups excluding carboxylic acids is 1. The molecule has 0 unspecified atom stereocenters. The summed E-state index contributed by atoms with van der Waals surface area (Å²) in [7, 11) is 1.62. The van der Waals surface area contributed by atoms with E-state index in [1.165, 1.54) is 11.3 Å². The Morgan fingerprint density at radius 3 is 2.54 bits per heavy atom. The molecule has 1 amide bonds. The van der Waals surface area contributed by atoms with E-state index >= 15 is 0 Å². The van der Waals surface area contributed by atoms with Gasteiger partial charge in [0.15, 0.2) is 0 Å². The molecule has 1 N–H and O–H groups in total. The van der Waals surface area contributed by atoms with Gasteiger partial charge in [-0.15, -0.1) is 11.3 Å². The minimum Gasteiger partial charge on any atom is -0.497 e. The van der Waals surface area contributed by atoms with Crippen molar-refractivity contribution in [2.75, 3.05) is 7.11 Å². The van der Waals surface area contributed by atoms with E-state index in [0.29, 0.717) is 15.6 Å². The Morgan fingerprint density at radius 2 is 1.88 bits per heavy atom. The minimum absolute atomic E-state index is 0.311. The van der Waals surface area contributed by atoms with E-state index in [1.54, 1.807) is 7.11 Å². The quantitative estimate of drug-likeness (QED) is 0.542. The zero-order valence-electron chi connectivity index (χ0n) is 13.2. The van der Waals surface area contributed by atoms with Crippen LogP contribution < -0.4 is 10.2 Å². The molecule has 0 saturated carbocycles. The van der Waals surface area contributed by atoms with E-state index in [4.69, 9.17) is 16.3 Å². The first-order valence-electron chi connectivity index (χ1n) is 7.26. The number of nitrogens with one attached hydrogen (secondary N) is 1. The fourth-order valence-electron chi connectivity index (χ4n) is 2.24. The molecule has 0 radical (unpaired) electrons. The number of fused-ring (bicyclic) bond motifs is 1. The van der Waals surface area contributed by atoms with Gasteiger partial charge in [-0.2, -0.15) is 5.10 Å². The van der Waals surface area contributed by atoms with Gasteiger partial charge in [-0.05, 0) is 42.8 Å². The molecule has 3 rings (SSSR count). The lowest BCUT2D eigenvalue weighted by Gasteiger charge is -2.04. The van der Waals surface area contributed by atoms with Gasteiger partial charge in [0.1, 0.15) is 10.6 Å². The maximum atomic E-state index is 12.4. The monoisotopic (exact) mass is 358 g/mol.